The van der Waals surface area contributed by atoms with Gasteiger partial charge in [-0.25, -0.2) is 0 Å². The zero-order chi connectivity index (χ0) is 12.1. The molecule has 0 aromatic carbocycles. The van der Waals surface area contributed by atoms with Crippen LogP contribution in [0.25, 0.3) is 0 Å². The van der Waals surface area contributed by atoms with Crippen LogP contribution >= 0.6 is 0 Å². The summed E-state index contributed by atoms with van der Waals surface area (Å²) in [7, 11) is 1.97. The SMILES string of the molecule is CCOCCn1nc(C)c(C(C)NC)c1C. The summed E-state index contributed by atoms with van der Waals surface area (Å²) < 4.78 is 7.39. The average Bonchev–Trinajstić information content (AvgIpc) is 2.54. The van der Waals surface area contributed by atoms with Crippen LogP contribution in [0.15, 0.2) is 0 Å². The maximum absolute atomic E-state index is 5.35. The van der Waals surface area contributed by atoms with E-state index in [1.165, 1.54) is 11.3 Å². The van der Waals surface area contributed by atoms with Gasteiger partial charge in [0, 0.05) is 23.9 Å². The van der Waals surface area contributed by atoms with Crippen LogP contribution in [-0.2, 0) is 11.3 Å². The first kappa shape index (κ1) is 13.2. The monoisotopic (exact) mass is 225 g/mol. The molecule has 4 heteroatoms. The molecule has 1 N–H and O–H groups in total. The maximum Gasteiger partial charge on any atom is 0.0662 e. The summed E-state index contributed by atoms with van der Waals surface area (Å²) >= 11 is 0. The number of rotatable bonds is 6. The standard InChI is InChI=1S/C12H23N3O/c1-6-16-8-7-15-11(4)12(9(2)13-5)10(3)14-15/h9,13H,6-8H2,1-5H3. The van der Waals surface area contributed by atoms with E-state index in [0.717, 1.165) is 25.5 Å². The van der Waals surface area contributed by atoms with Gasteiger partial charge in [0.05, 0.1) is 18.8 Å². The van der Waals surface area contributed by atoms with Gasteiger partial charge < -0.3 is 10.1 Å². The molecule has 0 aliphatic heterocycles. The smallest absolute Gasteiger partial charge is 0.0662 e. The Kier molecular flexibility index (Phi) is 4.96. The summed E-state index contributed by atoms with van der Waals surface area (Å²) in [5.74, 6) is 0. The second-order valence-electron chi connectivity index (χ2n) is 4.01. The predicted molar refractivity (Wildman–Crippen MR) is 65.7 cm³/mol. The molecule has 1 aromatic rings. The van der Waals surface area contributed by atoms with E-state index in [2.05, 4.69) is 31.2 Å². The second kappa shape index (κ2) is 6.01. The lowest BCUT2D eigenvalue weighted by Crippen LogP contribution is -2.14. The lowest BCUT2D eigenvalue weighted by Gasteiger charge is -2.11. The fraction of sp³-hybridized carbons (Fsp3) is 0.750. The third-order valence-corrected chi connectivity index (χ3v) is 2.96. The highest BCUT2D eigenvalue weighted by Crippen LogP contribution is 2.20. The number of aromatic nitrogens is 2. The van der Waals surface area contributed by atoms with Crippen molar-refractivity contribution in [1.29, 1.82) is 0 Å². The van der Waals surface area contributed by atoms with Gasteiger partial charge in [0.25, 0.3) is 0 Å². The topological polar surface area (TPSA) is 39.1 Å². The van der Waals surface area contributed by atoms with Crippen LogP contribution < -0.4 is 5.32 Å². The molecular formula is C12H23N3O. The van der Waals surface area contributed by atoms with Crippen molar-refractivity contribution in [3.05, 3.63) is 17.0 Å². The van der Waals surface area contributed by atoms with E-state index in [-0.39, 0.29) is 0 Å². The summed E-state index contributed by atoms with van der Waals surface area (Å²) in [5, 5.41) is 7.81. The Morgan fingerprint density at radius 1 is 1.44 bits per heavy atom. The van der Waals surface area contributed by atoms with Gasteiger partial charge in [-0.1, -0.05) is 0 Å². The summed E-state index contributed by atoms with van der Waals surface area (Å²) in [5.41, 5.74) is 3.65. The Labute approximate surface area is 98.0 Å². The van der Waals surface area contributed by atoms with Crippen LogP contribution in [0.1, 0.15) is 36.8 Å². The zero-order valence-electron chi connectivity index (χ0n) is 11.0. The molecule has 1 aromatic heterocycles. The van der Waals surface area contributed by atoms with Crippen LogP contribution in [0.3, 0.4) is 0 Å². The second-order valence-corrected chi connectivity index (χ2v) is 4.01. The fourth-order valence-corrected chi connectivity index (χ4v) is 1.99. The highest BCUT2D eigenvalue weighted by molar-refractivity contribution is 5.27. The number of ether oxygens (including phenoxy) is 1. The van der Waals surface area contributed by atoms with E-state index in [1.807, 2.05) is 18.7 Å². The third kappa shape index (κ3) is 2.83. The molecule has 0 fully saturated rings. The van der Waals surface area contributed by atoms with Gasteiger partial charge in [0.15, 0.2) is 0 Å². The number of nitrogens with one attached hydrogen (secondary N) is 1. The molecule has 4 nitrogen and oxygen atoms in total. The Morgan fingerprint density at radius 2 is 2.12 bits per heavy atom. The predicted octanol–water partition coefficient (Wildman–Crippen LogP) is 1.82. The molecule has 1 heterocycles. The van der Waals surface area contributed by atoms with Gasteiger partial charge in [0.1, 0.15) is 0 Å². The van der Waals surface area contributed by atoms with E-state index in [0.29, 0.717) is 6.04 Å². The van der Waals surface area contributed by atoms with Crippen molar-refractivity contribution in [2.45, 2.75) is 40.3 Å². The minimum absolute atomic E-state index is 0.348. The van der Waals surface area contributed by atoms with Crippen molar-refractivity contribution in [1.82, 2.24) is 15.1 Å². The number of hydrogen-bond donors (Lipinski definition) is 1. The van der Waals surface area contributed by atoms with Gasteiger partial charge in [-0.05, 0) is 34.7 Å². The molecule has 1 atom stereocenters. The van der Waals surface area contributed by atoms with Gasteiger partial charge >= 0.3 is 0 Å². The fourth-order valence-electron chi connectivity index (χ4n) is 1.99. The maximum atomic E-state index is 5.35. The molecule has 1 unspecified atom stereocenters. The minimum atomic E-state index is 0.348. The molecule has 0 radical (unpaired) electrons. The normalized spacial score (nSPS) is 13.1. The Balaban J connectivity index is 2.80. The molecule has 92 valence electrons. The van der Waals surface area contributed by atoms with E-state index in [9.17, 15) is 0 Å². The average molecular weight is 225 g/mol. The molecule has 0 aliphatic carbocycles. The molecule has 0 aliphatic rings. The van der Waals surface area contributed by atoms with Crippen LogP contribution in [0.2, 0.25) is 0 Å². The van der Waals surface area contributed by atoms with Gasteiger partial charge in [-0.3, -0.25) is 4.68 Å². The molecule has 16 heavy (non-hydrogen) atoms. The van der Waals surface area contributed by atoms with Gasteiger partial charge in [-0.2, -0.15) is 5.10 Å². The highest BCUT2D eigenvalue weighted by Gasteiger charge is 2.15. The first-order valence-electron chi connectivity index (χ1n) is 5.90. The van der Waals surface area contributed by atoms with Crippen LogP contribution in [0.4, 0.5) is 0 Å². The third-order valence-electron chi connectivity index (χ3n) is 2.96. The molecule has 0 amide bonds. The van der Waals surface area contributed by atoms with E-state index >= 15 is 0 Å². The quantitative estimate of drug-likeness (QED) is 0.751. The van der Waals surface area contributed by atoms with Crippen molar-refractivity contribution in [2.75, 3.05) is 20.3 Å². The largest absolute Gasteiger partial charge is 0.380 e. The van der Waals surface area contributed by atoms with Crippen LogP contribution in [-0.4, -0.2) is 30.0 Å². The minimum Gasteiger partial charge on any atom is -0.380 e. The van der Waals surface area contributed by atoms with Crippen molar-refractivity contribution in [2.24, 2.45) is 0 Å². The van der Waals surface area contributed by atoms with Crippen LogP contribution in [0.5, 0.6) is 0 Å². The van der Waals surface area contributed by atoms with Gasteiger partial charge in [0.2, 0.25) is 0 Å². The summed E-state index contributed by atoms with van der Waals surface area (Å²) in [6, 6.07) is 0.348. The number of aryl methyl sites for hydroxylation is 1. The first-order valence-corrected chi connectivity index (χ1v) is 5.90. The molecule has 0 spiro atoms. The highest BCUT2D eigenvalue weighted by atomic mass is 16.5. The Morgan fingerprint density at radius 3 is 2.69 bits per heavy atom. The van der Waals surface area contributed by atoms with E-state index in [1.54, 1.807) is 0 Å². The summed E-state index contributed by atoms with van der Waals surface area (Å²) in [4.78, 5) is 0. The zero-order valence-corrected chi connectivity index (χ0v) is 11.0. The Bertz CT molecular complexity index is 333. The first-order chi connectivity index (χ1) is 7.61. The number of hydrogen-bond acceptors (Lipinski definition) is 3. The van der Waals surface area contributed by atoms with Crippen molar-refractivity contribution in [3.63, 3.8) is 0 Å². The molecule has 0 bridgehead atoms. The molecular weight excluding hydrogens is 202 g/mol. The number of nitrogens with zero attached hydrogens (tertiary/aromatic N) is 2. The molecule has 0 saturated heterocycles. The molecule has 0 saturated carbocycles. The van der Waals surface area contributed by atoms with Gasteiger partial charge in [-0.15, -0.1) is 0 Å². The van der Waals surface area contributed by atoms with Crippen molar-refractivity contribution < 1.29 is 4.74 Å². The van der Waals surface area contributed by atoms with Crippen LogP contribution in [0, 0.1) is 13.8 Å². The lowest BCUT2D eigenvalue weighted by molar-refractivity contribution is 0.135. The molecule has 1 rings (SSSR count). The summed E-state index contributed by atoms with van der Waals surface area (Å²) in [6.45, 7) is 10.7. The lowest BCUT2D eigenvalue weighted by atomic mass is 10.1. The van der Waals surface area contributed by atoms with Crippen molar-refractivity contribution >= 4 is 0 Å². The Hall–Kier alpha value is -0.870. The van der Waals surface area contributed by atoms with E-state index < -0.39 is 0 Å². The van der Waals surface area contributed by atoms with Crippen molar-refractivity contribution in [3.8, 4) is 0 Å². The van der Waals surface area contributed by atoms with E-state index in [4.69, 9.17) is 4.74 Å². The summed E-state index contributed by atoms with van der Waals surface area (Å²) in [6.07, 6.45) is 0.